The number of thiazole rings is 4. The number of nitrogens with zero attached hydrogens (tertiary/aromatic N) is 12. The summed E-state index contributed by atoms with van der Waals surface area (Å²) in [5, 5.41) is 17.9. The highest BCUT2D eigenvalue weighted by molar-refractivity contribution is 7.14. The van der Waals surface area contributed by atoms with Crippen molar-refractivity contribution in [1.29, 1.82) is 0 Å². The molecule has 30 heteroatoms. The van der Waals surface area contributed by atoms with Crippen molar-refractivity contribution in [3.63, 3.8) is 0 Å². The first-order valence-corrected chi connectivity index (χ1v) is 36.7. The molecule has 2 N–H and O–H groups in total. The van der Waals surface area contributed by atoms with E-state index in [1.807, 2.05) is 81.6 Å². The van der Waals surface area contributed by atoms with Gasteiger partial charge in [-0.3, -0.25) is 39.2 Å². The molecular weight excluding hydrogens is 1420 g/mol. The number of halogens is 4. The number of carbonyl (C=O) groups is 6. The number of esters is 2. The van der Waals surface area contributed by atoms with Crippen LogP contribution in [-0.4, -0.2) is 178 Å². The zero-order chi connectivity index (χ0) is 70.3. The minimum absolute atomic E-state index is 0.00446. The van der Waals surface area contributed by atoms with Gasteiger partial charge in [0.05, 0.1) is 61.4 Å². The van der Waals surface area contributed by atoms with Gasteiger partial charge in [-0.1, -0.05) is 95.5 Å². The number of carbonyl (C=O) groups excluding carboxylic acids is 6. The first-order chi connectivity index (χ1) is 48.1. The molecule has 4 saturated heterocycles. The summed E-state index contributed by atoms with van der Waals surface area (Å²) in [5.74, 6) is -0.462. The molecule has 0 unspecified atom stereocenters. The molecule has 6 aliphatic rings. The van der Waals surface area contributed by atoms with Crippen molar-refractivity contribution in [2.24, 2.45) is 9.98 Å². The third-order valence-electron chi connectivity index (χ3n) is 18.4. The first kappa shape index (κ1) is 69.8. The molecule has 22 nitrogen and oxygen atoms in total. The van der Waals surface area contributed by atoms with Gasteiger partial charge in [0.1, 0.15) is 23.7 Å². The number of nitrogens with one attached hydrogen (secondary N) is 2. The Kier molecular flexibility index (Phi) is 20.6. The lowest BCUT2D eigenvalue weighted by molar-refractivity contribution is -0.139. The van der Waals surface area contributed by atoms with Gasteiger partial charge in [0.15, 0.2) is 37.7 Å². The second-order valence-electron chi connectivity index (χ2n) is 24.9. The Morgan fingerprint density at radius 2 is 1.12 bits per heavy atom. The number of methoxy groups -OCH3 is 1. The van der Waals surface area contributed by atoms with Crippen LogP contribution in [0.4, 0.5) is 24.2 Å². The van der Waals surface area contributed by atoms with E-state index in [-0.39, 0.29) is 52.9 Å². The molecule has 0 radical (unpaired) electrons. The lowest BCUT2D eigenvalue weighted by Gasteiger charge is -2.38. The Morgan fingerprint density at radius 3 is 1.57 bits per heavy atom. The number of aliphatic imine (C=N–C) groups is 2. The lowest BCUT2D eigenvalue weighted by Crippen LogP contribution is -2.53. The van der Waals surface area contributed by atoms with E-state index in [2.05, 4.69) is 30.4 Å². The van der Waals surface area contributed by atoms with Crippen LogP contribution in [0.1, 0.15) is 83.8 Å². The average Bonchev–Trinajstić information content (AvgIpc) is 1.58. The topological polar surface area (TPSA) is 241 Å². The van der Waals surface area contributed by atoms with E-state index < -0.39 is 35.3 Å². The van der Waals surface area contributed by atoms with Gasteiger partial charge in [-0.25, -0.2) is 43.5 Å². The number of anilines is 2. The fourth-order valence-corrected chi connectivity index (χ4v) is 16.4. The van der Waals surface area contributed by atoms with Gasteiger partial charge in [0.2, 0.25) is 0 Å². The maximum atomic E-state index is 14.1. The Labute approximate surface area is 606 Å². The van der Waals surface area contributed by atoms with Crippen molar-refractivity contribution in [3.05, 3.63) is 195 Å². The van der Waals surface area contributed by atoms with E-state index in [0.29, 0.717) is 141 Å². The number of urea groups is 2. The molecule has 0 bridgehead atoms. The summed E-state index contributed by atoms with van der Waals surface area (Å²) < 4.78 is 24.9. The van der Waals surface area contributed by atoms with Crippen LogP contribution < -0.4 is 20.4 Å². The predicted molar refractivity (Wildman–Crippen MR) is 388 cm³/mol. The average molecular weight is 1490 g/mol. The number of amides is 4. The van der Waals surface area contributed by atoms with E-state index in [0.717, 1.165) is 28.1 Å². The van der Waals surface area contributed by atoms with Gasteiger partial charge in [0, 0.05) is 146 Å². The van der Waals surface area contributed by atoms with Crippen molar-refractivity contribution >= 4 is 138 Å². The SMILES string of the molecule is CCOC(=O)C1=C(CN2CCN3C(=O)N(c4nc(-c5ccc(C(C)(C)C(C)=O)cc5)cs4)C[C@@H]3C2)NC(c2nccs2)=N[C@H]1c1ccc(F)cc1Cl.COC(=O)C1=C(CN2CCN3C(=O)N(c4nc(-c5ccc(C(C)=O)cc5)cs4)C[C@@H]3C2)NC(c2nccs2)=N[C@H]1c1ccc(Cl)cc1Cl. The predicted octanol–water partition coefficient (Wildman–Crippen LogP) is 12.4. The number of Topliss-reactive ketones (excluding diaryl/α,β-unsaturated/α-hetero) is 2. The zero-order valence-electron chi connectivity index (χ0n) is 54.9. The fourth-order valence-electron chi connectivity index (χ4n) is 12.8. The van der Waals surface area contributed by atoms with Crippen LogP contribution in [0.15, 0.2) is 151 Å². The summed E-state index contributed by atoms with van der Waals surface area (Å²) in [6.07, 6.45) is 3.38. The summed E-state index contributed by atoms with van der Waals surface area (Å²) in [6.45, 7) is 13.8. The summed E-state index contributed by atoms with van der Waals surface area (Å²) in [6, 6.07) is 22.4. The number of aromatic nitrogens is 4. The zero-order valence-corrected chi connectivity index (χ0v) is 60.4. The quantitative estimate of drug-likeness (QED) is 0.0599. The van der Waals surface area contributed by atoms with Gasteiger partial charge in [-0.05, 0) is 64.4 Å². The molecule has 100 heavy (non-hydrogen) atoms. The molecule has 0 aliphatic carbocycles. The van der Waals surface area contributed by atoms with Crippen molar-refractivity contribution in [1.82, 2.24) is 50.2 Å². The van der Waals surface area contributed by atoms with Crippen LogP contribution in [0.5, 0.6) is 0 Å². The number of fused-ring (bicyclic) bond motifs is 2. The van der Waals surface area contributed by atoms with Crippen molar-refractivity contribution in [3.8, 4) is 22.5 Å². The molecule has 516 valence electrons. The van der Waals surface area contributed by atoms with E-state index in [4.69, 9.17) is 64.2 Å². The lowest BCUT2D eigenvalue weighted by atomic mass is 9.81. The van der Waals surface area contributed by atoms with Gasteiger partial charge >= 0.3 is 24.0 Å². The molecule has 4 aromatic carbocycles. The number of benzene rings is 4. The van der Waals surface area contributed by atoms with Gasteiger partial charge in [-0.15, -0.1) is 45.3 Å². The molecule has 4 atom stereocenters. The van der Waals surface area contributed by atoms with Crippen LogP contribution in [0.25, 0.3) is 22.5 Å². The molecule has 4 aromatic heterocycles. The van der Waals surface area contributed by atoms with E-state index in [9.17, 15) is 33.2 Å². The second kappa shape index (κ2) is 29.5. The van der Waals surface area contributed by atoms with Gasteiger partial charge in [-0.2, -0.15) is 0 Å². The molecule has 10 heterocycles. The van der Waals surface area contributed by atoms with Gasteiger partial charge in [0.25, 0.3) is 0 Å². The van der Waals surface area contributed by atoms with Crippen LogP contribution >= 0.6 is 80.1 Å². The third-order valence-corrected chi connectivity index (χ3v) is 22.6. The molecule has 0 saturated carbocycles. The number of rotatable bonds is 18. The van der Waals surface area contributed by atoms with Crippen molar-refractivity contribution < 1.29 is 42.6 Å². The van der Waals surface area contributed by atoms with Crippen molar-refractivity contribution in [2.75, 3.05) is 89.0 Å². The van der Waals surface area contributed by atoms with Crippen molar-refractivity contribution in [2.45, 2.75) is 64.2 Å². The van der Waals surface area contributed by atoms with E-state index >= 15 is 0 Å². The standard InChI is InChI=1S/C37H37ClFN7O4S2.C33H29Cl2N7O4S2/c1-5-50-34(48)30-28(41-32(33-40-12-15-51-33)43-31(30)26-11-10-24(39)16-27(26)38)19-44-13-14-45-25(17-44)18-46(36(45)49)35-42-29(20-52-35)22-6-8-23(9-7-22)37(3,4)21(2)47;1-18(43)19-3-5-20(6-4-19)26-17-48-32(38-26)42-15-22-14-40(10-11-41(22)33(42)45)16-25-27(31(44)46-2)28(23-8-7-21(34)13-24(23)35)39-29(37-25)30-36-9-12-47-30/h6-12,15-16,20,25,31H,5,13-14,17-19H2,1-4H3,(H,41,43);3-9,12-13,17,22,28H,10-11,14-16H2,1-2H3,(H,37,39)/t25-,31-;22-,28-/m00/s1. The summed E-state index contributed by atoms with van der Waals surface area (Å²) in [5.41, 5.74) is 7.25. The molecular formula is C70H66Cl3FN14O8S4. The van der Waals surface area contributed by atoms with E-state index in [1.54, 1.807) is 72.4 Å². The molecule has 8 aromatic rings. The monoisotopic (exact) mass is 1480 g/mol. The Morgan fingerprint density at radius 1 is 0.630 bits per heavy atom. The Balaban J connectivity index is 0.000000180. The number of piperazine rings is 2. The van der Waals surface area contributed by atoms with Crippen LogP contribution in [0.3, 0.4) is 0 Å². The number of amidine groups is 2. The van der Waals surface area contributed by atoms with E-state index in [1.165, 1.54) is 71.5 Å². The molecule has 4 fully saturated rings. The molecule has 6 aliphatic heterocycles. The number of ether oxygens (including phenoxy) is 2. The minimum Gasteiger partial charge on any atom is -0.466 e. The molecule has 14 rings (SSSR count). The normalized spacial score (nSPS) is 19.5. The second-order valence-corrected chi connectivity index (χ2v) is 29.6. The minimum atomic E-state index is -0.858. The fraction of sp³-hybridized carbons (Fsp3) is 0.314. The largest absolute Gasteiger partial charge is 0.466 e. The summed E-state index contributed by atoms with van der Waals surface area (Å²) in [4.78, 5) is 118. The Hall–Kier alpha value is -8.64. The highest BCUT2D eigenvalue weighted by Gasteiger charge is 2.46. The smallest absolute Gasteiger partial charge is 0.338 e. The van der Waals surface area contributed by atoms with Crippen LogP contribution in [0.2, 0.25) is 15.1 Å². The van der Waals surface area contributed by atoms with Crippen LogP contribution in [0, 0.1) is 5.82 Å². The number of ketones is 2. The van der Waals surface area contributed by atoms with Gasteiger partial charge < -0.3 is 29.9 Å². The number of hydrogen-bond donors (Lipinski definition) is 2. The summed E-state index contributed by atoms with van der Waals surface area (Å²) in [7, 11) is 1.34. The highest BCUT2D eigenvalue weighted by Crippen LogP contribution is 2.42. The number of hydrogen-bond acceptors (Lipinski definition) is 22. The Bertz CT molecular complexity index is 4620. The maximum Gasteiger partial charge on any atom is 0.338 e. The molecule has 4 amide bonds. The molecule has 0 spiro atoms. The first-order valence-electron chi connectivity index (χ1n) is 32.0. The highest BCUT2D eigenvalue weighted by atomic mass is 35.5. The van der Waals surface area contributed by atoms with Crippen LogP contribution in [-0.2, 0) is 29.3 Å². The third kappa shape index (κ3) is 14.4. The summed E-state index contributed by atoms with van der Waals surface area (Å²) >= 11 is 25.1. The maximum absolute atomic E-state index is 14.1.